The average molecular weight is 399 g/mol. The Morgan fingerprint density at radius 2 is 1.69 bits per heavy atom. The van der Waals surface area contributed by atoms with Crippen molar-refractivity contribution in [3.05, 3.63) is 59.2 Å². The molecule has 0 saturated carbocycles. The van der Waals surface area contributed by atoms with Crippen LogP contribution in [-0.4, -0.2) is 31.7 Å². The molecule has 0 radical (unpaired) electrons. The highest BCUT2D eigenvalue weighted by atomic mass is 16.5. The molecule has 1 atom stereocenters. The molecule has 0 aliphatic rings. The smallest absolute Gasteiger partial charge is 0.339 e. The highest BCUT2D eigenvalue weighted by Crippen LogP contribution is 2.29. The van der Waals surface area contributed by atoms with Crippen LogP contribution in [0, 0.1) is 12.8 Å². The van der Waals surface area contributed by atoms with Crippen molar-refractivity contribution >= 4 is 11.9 Å². The first-order chi connectivity index (χ1) is 13.8. The third-order valence-electron chi connectivity index (χ3n) is 4.21. The van der Waals surface area contributed by atoms with Crippen LogP contribution in [0.15, 0.2) is 42.5 Å². The number of methoxy groups -OCH3 is 1. The van der Waals surface area contributed by atoms with E-state index in [1.54, 1.807) is 25.1 Å². The maximum Gasteiger partial charge on any atom is 0.339 e. The molecule has 2 aromatic carbocycles. The summed E-state index contributed by atoms with van der Waals surface area (Å²) in [6.45, 7) is 8.55. The van der Waals surface area contributed by atoms with Gasteiger partial charge in [0.25, 0.3) is 5.91 Å². The van der Waals surface area contributed by atoms with Gasteiger partial charge in [0.15, 0.2) is 17.6 Å². The number of carbonyl (C=O) groups excluding carboxylic acids is 2. The number of hydrogen-bond donors (Lipinski definition) is 1. The van der Waals surface area contributed by atoms with Crippen molar-refractivity contribution in [1.29, 1.82) is 0 Å². The second kappa shape index (κ2) is 10.5. The van der Waals surface area contributed by atoms with Crippen molar-refractivity contribution in [2.45, 2.75) is 40.3 Å². The van der Waals surface area contributed by atoms with Crippen molar-refractivity contribution in [3.63, 3.8) is 0 Å². The Morgan fingerprint density at radius 3 is 2.31 bits per heavy atom. The minimum Gasteiger partial charge on any atom is -0.493 e. The molecule has 0 aliphatic carbocycles. The highest BCUT2D eigenvalue weighted by Gasteiger charge is 2.20. The fourth-order valence-electron chi connectivity index (χ4n) is 2.49. The van der Waals surface area contributed by atoms with Crippen LogP contribution >= 0.6 is 0 Å². The van der Waals surface area contributed by atoms with Gasteiger partial charge >= 0.3 is 5.97 Å². The van der Waals surface area contributed by atoms with E-state index in [2.05, 4.69) is 5.32 Å². The monoisotopic (exact) mass is 399 g/mol. The van der Waals surface area contributed by atoms with Crippen LogP contribution < -0.4 is 14.8 Å². The quantitative estimate of drug-likeness (QED) is 0.648. The summed E-state index contributed by atoms with van der Waals surface area (Å²) in [6, 6.07) is 12.7. The fraction of sp³-hybridized carbons (Fsp3) is 0.391. The Bertz CT molecular complexity index is 830. The van der Waals surface area contributed by atoms with Crippen molar-refractivity contribution in [1.82, 2.24) is 5.32 Å². The first kappa shape index (κ1) is 22.3. The number of ether oxygens (including phenoxy) is 3. The number of aryl methyl sites for hydroxylation is 1. The number of hydrogen-bond acceptors (Lipinski definition) is 5. The largest absolute Gasteiger partial charge is 0.493 e. The number of carbonyl (C=O) groups is 2. The molecule has 6 nitrogen and oxygen atoms in total. The summed E-state index contributed by atoms with van der Waals surface area (Å²) in [4.78, 5) is 24.7. The molecular formula is C23H29NO5. The van der Waals surface area contributed by atoms with Crippen LogP contribution in [0.2, 0.25) is 0 Å². The number of amides is 1. The van der Waals surface area contributed by atoms with Gasteiger partial charge in [-0.25, -0.2) is 4.79 Å². The topological polar surface area (TPSA) is 73.9 Å². The minimum absolute atomic E-state index is 0.289. The molecule has 6 heteroatoms. The Balaban J connectivity index is 1.93. The lowest BCUT2D eigenvalue weighted by Gasteiger charge is -2.15. The zero-order valence-electron chi connectivity index (χ0n) is 17.7. The Labute approximate surface area is 172 Å². The van der Waals surface area contributed by atoms with Crippen LogP contribution in [0.3, 0.4) is 0 Å². The van der Waals surface area contributed by atoms with E-state index in [1.165, 1.54) is 7.11 Å². The van der Waals surface area contributed by atoms with Gasteiger partial charge in [0.05, 0.1) is 19.3 Å². The van der Waals surface area contributed by atoms with Gasteiger partial charge in [0.1, 0.15) is 0 Å². The second-order valence-electron chi connectivity index (χ2n) is 7.32. The van der Waals surface area contributed by atoms with E-state index in [9.17, 15) is 9.59 Å². The van der Waals surface area contributed by atoms with Crippen molar-refractivity contribution in [2.75, 3.05) is 13.7 Å². The van der Waals surface area contributed by atoms with E-state index in [-0.39, 0.29) is 11.5 Å². The summed E-state index contributed by atoms with van der Waals surface area (Å²) in [5.74, 6) is 0.404. The summed E-state index contributed by atoms with van der Waals surface area (Å²) in [5, 5.41) is 2.77. The number of nitrogens with one attached hydrogen (secondary N) is 1. The lowest BCUT2D eigenvalue weighted by molar-refractivity contribution is -0.129. The van der Waals surface area contributed by atoms with Crippen molar-refractivity contribution in [3.8, 4) is 11.5 Å². The Kier molecular flexibility index (Phi) is 8.07. The van der Waals surface area contributed by atoms with E-state index in [0.29, 0.717) is 30.6 Å². The number of benzene rings is 2. The Hall–Kier alpha value is -3.02. The number of rotatable bonds is 9. The van der Waals surface area contributed by atoms with E-state index in [0.717, 1.165) is 11.1 Å². The van der Waals surface area contributed by atoms with Crippen LogP contribution in [-0.2, 0) is 16.1 Å². The third kappa shape index (κ3) is 6.82. The first-order valence-electron chi connectivity index (χ1n) is 9.65. The van der Waals surface area contributed by atoms with Crippen molar-refractivity contribution in [2.24, 2.45) is 5.92 Å². The molecule has 0 bridgehead atoms. The first-order valence-corrected chi connectivity index (χ1v) is 9.65. The summed E-state index contributed by atoms with van der Waals surface area (Å²) >= 11 is 0. The molecule has 1 amide bonds. The lowest BCUT2D eigenvalue weighted by atomic mass is 10.1. The van der Waals surface area contributed by atoms with E-state index in [1.807, 2.05) is 45.0 Å². The van der Waals surface area contributed by atoms with Crippen LogP contribution in [0.1, 0.15) is 42.3 Å². The van der Waals surface area contributed by atoms with Gasteiger partial charge in [-0.1, -0.05) is 43.7 Å². The van der Waals surface area contributed by atoms with Gasteiger partial charge in [-0.05, 0) is 43.5 Å². The lowest BCUT2D eigenvalue weighted by Crippen LogP contribution is -2.35. The maximum atomic E-state index is 12.4. The molecule has 0 fully saturated rings. The van der Waals surface area contributed by atoms with Gasteiger partial charge in [-0.3, -0.25) is 4.79 Å². The van der Waals surface area contributed by atoms with Crippen LogP contribution in [0.25, 0.3) is 0 Å². The normalized spacial score (nSPS) is 11.7. The highest BCUT2D eigenvalue weighted by molar-refractivity contribution is 5.92. The third-order valence-corrected chi connectivity index (χ3v) is 4.21. The Morgan fingerprint density at radius 1 is 1.00 bits per heavy atom. The summed E-state index contributed by atoms with van der Waals surface area (Å²) in [5.41, 5.74) is 2.42. The number of esters is 1. The van der Waals surface area contributed by atoms with E-state index in [4.69, 9.17) is 14.2 Å². The summed E-state index contributed by atoms with van der Waals surface area (Å²) < 4.78 is 16.3. The molecule has 0 unspecified atom stereocenters. The van der Waals surface area contributed by atoms with Gasteiger partial charge in [0.2, 0.25) is 0 Å². The zero-order chi connectivity index (χ0) is 21.4. The van der Waals surface area contributed by atoms with Gasteiger partial charge in [-0.15, -0.1) is 0 Å². The fourth-order valence-corrected chi connectivity index (χ4v) is 2.49. The summed E-state index contributed by atoms with van der Waals surface area (Å²) in [7, 11) is 1.51. The SMILES string of the molecule is COc1cc(C(=O)O[C@H](C)C(=O)NCc2ccc(C)cc2)ccc1OCC(C)C. The molecule has 0 aliphatic heterocycles. The second-order valence-corrected chi connectivity index (χ2v) is 7.32. The average Bonchev–Trinajstić information content (AvgIpc) is 2.71. The molecule has 2 rings (SSSR count). The van der Waals surface area contributed by atoms with Crippen LogP contribution in [0.4, 0.5) is 0 Å². The minimum atomic E-state index is -0.921. The predicted octanol–water partition coefficient (Wildman–Crippen LogP) is 3.90. The van der Waals surface area contributed by atoms with Gasteiger partial charge < -0.3 is 19.5 Å². The molecule has 156 valence electrons. The molecular weight excluding hydrogens is 370 g/mol. The summed E-state index contributed by atoms with van der Waals surface area (Å²) in [6.07, 6.45) is -0.921. The molecule has 0 heterocycles. The molecule has 0 aromatic heterocycles. The molecule has 2 aromatic rings. The standard InChI is InChI=1S/C23H29NO5/c1-15(2)14-28-20-11-10-19(12-21(20)27-5)23(26)29-17(4)22(25)24-13-18-8-6-16(3)7-9-18/h6-12,15,17H,13-14H2,1-5H3,(H,24,25)/t17-/m1/s1. The molecule has 0 spiro atoms. The van der Waals surface area contributed by atoms with Crippen LogP contribution in [0.5, 0.6) is 11.5 Å². The zero-order valence-corrected chi connectivity index (χ0v) is 17.7. The van der Waals surface area contributed by atoms with E-state index >= 15 is 0 Å². The predicted molar refractivity (Wildman–Crippen MR) is 111 cm³/mol. The van der Waals surface area contributed by atoms with Gasteiger partial charge in [0, 0.05) is 6.54 Å². The maximum absolute atomic E-state index is 12.4. The van der Waals surface area contributed by atoms with E-state index < -0.39 is 12.1 Å². The van der Waals surface area contributed by atoms with Gasteiger partial charge in [-0.2, -0.15) is 0 Å². The molecule has 0 saturated heterocycles. The van der Waals surface area contributed by atoms with Crippen molar-refractivity contribution < 1.29 is 23.8 Å². The molecule has 1 N–H and O–H groups in total. The molecule has 29 heavy (non-hydrogen) atoms.